The maximum Gasteiger partial charge on any atom is 0.259 e. The van der Waals surface area contributed by atoms with Gasteiger partial charge in [0.15, 0.2) is 0 Å². The van der Waals surface area contributed by atoms with Gasteiger partial charge in [0.2, 0.25) is 0 Å². The molecule has 2 N–H and O–H groups in total. The fourth-order valence-electron chi connectivity index (χ4n) is 2.55. The summed E-state index contributed by atoms with van der Waals surface area (Å²) in [7, 11) is 1.48. The molecule has 28 heavy (non-hydrogen) atoms. The predicted molar refractivity (Wildman–Crippen MR) is 107 cm³/mol. The minimum Gasteiger partial charge on any atom is -0.496 e. The summed E-state index contributed by atoms with van der Waals surface area (Å²) in [6.07, 6.45) is 0. The van der Waals surface area contributed by atoms with Gasteiger partial charge in [0.25, 0.3) is 11.8 Å². The highest BCUT2D eigenvalue weighted by atomic mass is 35.5. The second-order valence-corrected chi connectivity index (χ2v) is 6.23. The molecule has 0 saturated heterocycles. The number of para-hydroxylation sites is 1. The van der Waals surface area contributed by atoms with Crippen LogP contribution in [-0.4, -0.2) is 18.9 Å². The molecule has 3 rings (SSSR count). The second-order valence-electron chi connectivity index (χ2n) is 5.82. The number of carbonyl (C=O) groups excluding carboxylic acids is 2. The van der Waals surface area contributed by atoms with E-state index in [-0.39, 0.29) is 10.9 Å². The first-order chi connectivity index (χ1) is 13.5. The van der Waals surface area contributed by atoms with Crippen molar-refractivity contribution in [2.24, 2.45) is 0 Å². The van der Waals surface area contributed by atoms with E-state index in [1.54, 1.807) is 42.5 Å². The lowest BCUT2D eigenvalue weighted by Crippen LogP contribution is -2.15. The van der Waals surface area contributed by atoms with E-state index in [0.717, 1.165) is 0 Å². The SMILES string of the molecule is COc1ccccc1C(=O)Nc1cccc(C(=O)Nc2ccc(F)c(Cl)c2)c1. The summed E-state index contributed by atoms with van der Waals surface area (Å²) in [5.74, 6) is -0.904. The summed E-state index contributed by atoms with van der Waals surface area (Å²) >= 11 is 5.72. The lowest BCUT2D eigenvalue weighted by molar-refractivity contribution is 0.101. The van der Waals surface area contributed by atoms with Gasteiger partial charge < -0.3 is 15.4 Å². The van der Waals surface area contributed by atoms with Crippen LogP contribution in [0.3, 0.4) is 0 Å². The zero-order valence-electron chi connectivity index (χ0n) is 14.8. The van der Waals surface area contributed by atoms with Gasteiger partial charge in [0.05, 0.1) is 17.7 Å². The van der Waals surface area contributed by atoms with Crippen LogP contribution in [0.2, 0.25) is 5.02 Å². The Morgan fingerprint density at radius 1 is 0.893 bits per heavy atom. The summed E-state index contributed by atoms with van der Waals surface area (Å²) in [4.78, 5) is 24.9. The summed E-state index contributed by atoms with van der Waals surface area (Å²) in [5, 5.41) is 5.29. The largest absolute Gasteiger partial charge is 0.496 e. The number of nitrogens with one attached hydrogen (secondary N) is 2. The van der Waals surface area contributed by atoms with Crippen LogP contribution in [0.15, 0.2) is 66.7 Å². The van der Waals surface area contributed by atoms with Gasteiger partial charge in [-0.25, -0.2) is 4.39 Å². The first kappa shape index (κ1) is 19.4. The van der Waals surface area contributed by atoms with E-state index in [2.05, 4.69) is 10.6 Å². The Kier molecular flexibility index (Phi) is 5.91. The first-order valence-corrected chi connectivity index (χ1v) is 8.66. The number of hydrogen-bond donors (Lipinski definition) is 2. The van der Waals surface area contributed by atoms with Crippen molar-refractivity contribution in [2.75, 3.05) is 17.7 Å². The normalized spacial score (nSPS) is 10.2. The molecule has 142 valence electrons. The molecule has 0 aliphatic rings. The maximum absolute atomic E-state index is 13.2. The molecule has 2 amide bonds. The highest BCUT2D eigenvalue weighted by Gasteiger charge is 2.13. The average Bonchev–Trinajstić information content (AvgIpc) is 2.71. The van der Waals surface area contributed by atoms with Crippen LogP contribution in [0.25, 0.3) is 0 Å². The topological polar surface area (TPSA) is 67.4 Å². The summed E-state index contributed by atoms with van der Waals surface area (Å²) in [6, 6.07) is 17.2. The quantitative estimate of drug-likeness (QED) is 0.636. The Morgan fingerprint density at radius 2 is 1.61 bits per heavy atom. The minimum absolute atomic E-state index is 0.0874. The monoisotopic (exact) mass is 398 g/mol. The van der Waals surface area contributed by atoms with Gasteiger partial charge in [0.1, 0.15) is 11.6 Å². The van der Waals surface area contributed by atoms with Crippen molar-refractivity contribution >= 4 is 34.8 Å². The van der Waals surface area contributed by atoms with E-state index < -0.39 is 11.7 Å². The zero-order valence-corrected chi connectivity index (χ0v) is 15.6. The molecule has 0 aliphatic carbocycles. The Morgan fingerprint density at radius 3 is 2.36 bits per heavy atom. The molecule has 0 atom stereocenters. The van der Waals surface area contributed by atoms with E-state index in [0.29, 0.717) is 28.3 Å². The average molecular weight is 399 g/mol. The molecule has 0 aliphatic heterocycles. The molecular formula is C21H16ClFN2O3. The standard InChI is InChI=1S/C21H16ClFN2O3/c1-28-19-8-3-2-7-16(19)21(27)25-14-6-4-5-13(11-14)20(26)24-15-9-10-18(23)17(22)12-15/h2-12H,1H3,(H,24,26)(H,25,27). The number of halogens is 2. The summed E-state index contributed by atoms with van der Waals surface area (Å²) in [5.41, 5.74) is 1.50. The molecule has 0 unspecified atom stereocenters. The molecule has 0 heterocycles. The van der Waals surface area contributed by atoms with Crippen molar-refractivity contribution in [1.82, 2.24) is 0 Å². The van der Waals surface area contributed by atoms with Crippen molar-refractivity contribution in [2.45, 2.75) is 0 Å². The van der Waals surface area contributed by atoms with Crippen LogP contribution in [0, 0.1) is 5.82 Å². The number of rotatable bonds is 5. The Hall–Kier alpha value is -3.38. The number of amides is 2. The van der Waals surface area contributed by atoms with Gasteiger partial charge in [-0.15, -0.1) is 0 Å². The van der Waals surface area contributed by atoms with Crippen LogP contribution >= 0.6 is 11.6 Å². The number of benzene rings is 3. The zero-order chi connectivity index (χ0) is 20.1. The highest BCUT2D eigenvalue weighted by molar-refractivity contribution is 6.31. The predicted octanol–water partition coefficient (Wildman–Crippen LogP) is 4.99. The Bertz CT molecular complexity index is 1040. The maximum atomic E-state index is 13.2. The van der Waals surface area contributed by atoms with E-state index in [1.807, 2.05) is 0 Å². The molecule has 7 heteroatoms. The highest BCUT2D eigenvalue weighted by Crippen LogP contribution is 2.22. The molecule has 0 fully saturated rings. The minimum atomic E-state index is -0.569. The van der Waals surface area contributed by atoms with Gasteiger partial charge >= 0.3 is 0 Å². The molecule has 0 aromatic heterocycles. The smallest absolute Gasteiger partial charge is 0.259 e. The third-order valence-corrected chi connectivity index (χ3v) is 4.20. The van der Waals surface area contributed by atoms with Crippen LogP contribution < -0.4 is 15.4 Å². The van der Waals surface area contributed by atoms with E-state index in [1.165, 1.54) is 31.4 Å². The fraction of sp³-hybridized carbons (Fsp3) is 0.0476. The summed E-state index contributed by atoms with van der Waals surface area (Å²) in [6.45, 7) is 0. The second kappa shape index (κ2) is 8.54. The van der Waals surface area contributed by atoms with E-state index >= 15 is 0 Å². The fourth-order valence-corrected chi connectivity index (χ4v) is 2.73. The van der Waals surface area contributed by atoms with Crippen molar-refractivity contribution in [3.05, 3.63) is 88.7 Å². The van der Waals surface area contributed by atoms with Crippen molar-refractivity contribution in [1.29, 1.82) is 0 Å². The number of hydrogen-bond acceptors (Lipinski definition) is 3. The van der Waals surface area contributed by atoms with Crippen molar-refractivity contribution in [3.8, 4) is 5.75 Å². The third kappa shape index (κ3) is 4.47. The molecule has 3 aromatic carbocycles. The van der Waals surface area contributed by atoms with Gasteiger partial charge in [-0.05, 0) is 48.5 Å². The number of anilines is 2. The van der Waals surface area contributed by atoms with Crippen LogP contribution in [0.5, 0.6) is 5.75 Å². The van der Waals surface area contributed by atoms with Crippen LogP contribution in [0.4, 0.5) is 15.8 Å². The van der Waals surface area contributed by atoms with E-state index in [4.69, 9.17) is 16.3 Å². The van der Waals surface area contributed by atoms with Gasteiger partial charge in [0, 0.05) is 16.9 Å². The molecule has 0 spiro atoms. The molecule has 0 saturated carbocycles. The number of ether oxygens (including phenoxy) is 1. The third-order valence-electron chi connectivity index (χ3n) is 3.91. The number of carbonyl (C=O) groups is 2. The van der Waals surface area contributed by atoms with Crippen molar-refractivity contribution in [3.63, 3.8) is 0 Å². The molecule has 3 aromatic rings. The number of methoxy groups -OCH3 is 1. The van der Waals surface area contributed by atoms with E-state index in [9.17, 15) is 14.0 Å². The van der Waals surface area contributed by atoms with Gasteiger partial charge in [-0.3, -0.25) is 9.59 Å². The van der Waals surface area contributed by atoms with Gasteiger partial charge in [-0.1, -0.05) is 29.8 Å². The van der Waals surface area contributed by atoms with Gasteiger partial charge in [-0.2, -0.15) is 0 Å². The lowest BCUT2D eigenvalue weighted by atomic mass is 10.1. The Labute approximate surface area is 166 Å². The first-order valence-electron chi connectivity index (χ1n) is 8.29. The molecule has 0 bridgehead atoms. The Balaban J connectivity index is 1.75. The summed E-state index contributed by atoms with van der Waals surface area (Å²) < 4.78 is 18.4. The lowest BCUT2D eigenvalue weighted by Gasteiger charge is -2.10. The molecule has 5 nitrogen and oxygen atoms in total. The van der Waals surface area contributed by atoms with Crippen molar-refractivity contribution < 1.29 is 18.7 Å². The molecular weight excluding hydrogens is 383 g/mol. The van der Waals surface area contributed by atoms with Crippen LogP contribution in [0.1, 0.15) is 20.7 Å². The van der Waals surface area contributed by atoms with Crippen LogP contribution in [-0.2, 0) is 0 Å². The molecule has 0 radical (unpaired) electrons.